The molecule has 0 saturated heterocycles. The fourth-order valence-electron chi connectivity index (χ4n) is 2.29. The Morgan fingerprint density at radius 1 is 1.56 bits per heavy atom. The van der Waals surface area contributed by atoms with Crippen LogP contribution in [0.5, 0.6) is 0 Å². The van der Waals surface area contributed by atoms with Crippen LogP contribution in [0.3, 0.4) is 0 Å². The molecule has 3 heteroatoms. The van der Waals surface area contributed by atoms with Gasteiger partial charge in [-0.15, -0.1) is 0 Å². The van der Waals surface area contributed by atoms with E-state index in [4.69, 9.17) is 10.1 Å². The fourth-order valence-corrected chi connectivity index (χ4v) is 2.29. The van der Waals surface area contributed by atoms with Crippen molar-refractivity contribution in [1.82, 2.24) is 0 Å². The van der Waals surface area contributed by atoms with Crippen molar-refractivity contribution in [2.75, 3.05) is 6.61 Å². The monoisotopic (exact) mass is 222 g/mol. The second-order valence-corrected chi connectivity index (χ2v) is 4.48. The van der Waals surface area contributed by atoms with Gasteiger partial charge in [-0.25, -0.2) is 0 Å². The lowest BCUT2D eigenvalue weighted by atomic mass is 9.98. The number of rotatable bonds is 4. The first-order valence-corrected chi connectivity index (χ1v) is 5.96. The molecule has 0 aromatic rings. The van der Waals surface area contributed by atoms with Crippen LogP contribution in [0.1, 0.15) is 33.6 Å². The Bertz CT molecular complexity index is 296. The summed E-state index contributed by atoms with van der Waals surface area (Å²) in [5, 5.41) is 7.84. The quantitative estimate of drug-likeness (QED) is 0.576. The van der Waals surface area contributed by atoms with Gasteiger partial charge in [-0.2, -0.15) is 0 Å². The Hall–Kier alpha value is -1.12. The van der Waals surface area contributed by atoms with E-state index in [0.29, 0.717) is 24.5 Å². The molecule has 3 nitrogen and oxygen atoms in total. The highest BCUT2D eigenvalue weighted by molar-refractivity contribution is 5.92. The van der Waals surface area contributed by atoms with Crippen LogP contribution in [0.4, 0.5) is 0 Å². The first kappa shape index (κ1) is 12.9. The van der Waals surface area contributed by atoms with Crippen LogP contribution in [-0.4, -0.2) is 24.3 Å². The topological polar surface area (TPSA) is 45.4 Å². The van der Waals surface area contributed by atoms with Crippen LogP contribution in [-0.2, 0) is 4.74 Å². The van der Waals surface area contributed by atoms with E-state index in [1.165, 1.54) is 0 Å². The summed E-state index contributed by atoms with van der Waals surface area (Å²) in [4.78, 5) is 4.58. The predicted octanol–water partition coefficient (Wildman–Crippen LogP) is 3.06. The largest absolute Gasteiger partial charge is 0.481 e. The lowest BCUT2D eigenvalue weighted by Crippen LogP contribution is -2.19. The predicted molar refractivity (Wildman–Crippen MR) is 68.3 cm³/mol. The summed E-state index contributed by atoms with van der Waals surface area (Å²) in [7, 11) is 0. The van der Waals surface area contributed by atoms with Gasteiger partial charge in [0.05, 0.1) is 12.6 Å². The van der Waals surface area contributed by atoms with Gasteiger partial charge in [-0.3, -0.25) is 10.4 Å². The molecule has 0 bridgehead atoms. The number of allylic oxidation sites excluding steroid dienone is 1. The van der Waals surface area contributed by atoms with E-state index in [1.54, 1.807) is 6.08 Å². The summed E-state index contributed by atoms with van der Waals surface area (Å²) in [6.07, 6.45) is 3.77. The standard InChI is InChI=1S/C13H22N2O/c1-5-10(4)15-11-7-9(3)12(8-11)13(14)16-6-2/h5,9,11-12,14H,1,6-8H2,2-4H3. The number of hydrogen-bond acceptors (Lipinski definition) is 3. The Balaban J connectivity index is 2.60. The Kier molecular flexibility index (Phi) is 4.71. The zero-order valence-electron chi connectivity index (χ0n) is 10.5. The van der Waals surface area contributed by atoms with Gasteiger partial charge in [0.1, 0.15) is 0 Å². The Morgan fingerprint density at radius 3 is 2.81 bits per heavy atom. The minimum Gasteiger partial charge on any atom is -0.481 e. The van der Waals surface area contributed by atoms with Gasteiger partial charge >= 0.3 is 0 Å². The summed E-state index contributed by atoms with van der Waals surface area (Å²) in [6, 6.07) is 0.332. The Morgan fingerprint density at radius 2 is 2.25 bits per heavy atom. The molecule has 0 aliphatic heterocycles. The highest BCUT2D eigenvalue weighted by Gasteiger charge is 2.34. The number of nitrogens with zero attached hydrogens (tertiary/aromatic N) is 1. The molecule has 0 amide bonds. The van der Waals surface area contributed by atoms with Gasteiger partial charge in [0.15, 0.2) is 5.90 Å². The van der Waals surface area contributed by atoms with Crippen LogP contribution in [0.15, 0.2) is 17.6 Å². The van der Waals surface area contributed by atoms with E-state index in [-0.39, 0.29) is 5.92 Å². The summed E-state index contributed by atoms with van der Waals surface area (Å²) in [5.74, 6) is 1.17. The SMILES string of the molecule is C=CC(C)=NC1CC(C)C(C(=N)OCC)C1. The van der Waals surface area contributed by atoms with Crippen molar-refractivity contribution in [2.24, 2.45) is 16.8 Å². The van der Waals surface area contributed by atoms with E-state index < -0.39 is 0 Å². The number of nitrogens with one attached hydrogen (secondary N) is 1. The smallest absolute Gasteiger partial charge is 0.183 e. The molecule has 1 aliphatic rings. The summed E-state index contributed by atoms with van der Waals surface area (Å²) in [5.41, 5.74) is 0.987. The molecule has 1 rings (SSSR count). The maximum absolute atomic E-state index is 7.84. The molecule has 3 atom stereocenters. The van der Waals surface area contributed by atoms with Gasteiger partial charge in [0.2, 0.25) is 0 Å². The lowest BCUT2D eigenvalue weighted by Gasteiger charge is -2.15. The molecule has 1 N–H and O–H groups in total. The molecule has 0 spiro atoms. The summed E-state index contributed by atoms with van der Waals surface area (Å²) in [6.45, 7) is 10.4. The van der Waals surface area contributed by atoms with Crippen molar-refractivity contribution in [3.63, 3.8) is 0 Å². The molecule has 0 aromatic carbocycles. The number of hydrogen-bond donors (Lipinski definition) is 1. The first-order chi connectivity index (χ1) is 7.58. The van der Waals surface area contributed by atoms with Gasteiger partial charge < -0.3 is 4.74 Å². The van der Waals surface area contributed by atoms with Crippen LogP contribution in [0.25, 0.3) is 0 Å². The number of aliphatic imine (C=N–C) groups is 1. The molecule has 90 valence electrons. The lowest BCUT2D eigenvalue weighted by molar-refractivity contribution is 0.284. The normalized spacial score (nSPS) is 30.2. The zero-order chi connectivity index (χ0) is 12.1. The zero-order valence-corrected chi connectivity index (χ0v) is 10.5. The molecule has 16 heavy (non-hydrogen) atoms. The van der Waals surface area contributed by atoms with Crippen molar-refractivity contribution in [2.45, 2.75) is 39.7 Å². The molecule has 0 heterocycles. The second kappa shape index (κ2) is 5.83. The van der Waals surface area contributed by atoms with Gasteiger partial charge in [-0.1, -0.05) is 13.5 Å². The maximum atomic E-state index is 7.84. The maximum Gasteiger partial charge on any atom is 0.183 e. The number of ether oxygens (including phenoxy) is 1. The van der Waals surface area contributed by atoms with Crippen molar-refractivity contribution in [1.29, 1.82) is 5.41 Å². The van der Waals surface area contributed by atoms with Crippen LogP contribution >= 0.6 is 0 Å². The molecule has 3 unspecified atom stereocenters. The molecule has 1 aliphatic carbocycles. The van der Waals surface area contributed by atoms with Crippen molar-refractivity contribution in [3.05, 3.63) is 12.7 Å². The van der Waals surface area contributed by atoms with E-state index >= 15 is 0 Å². The van der Waals surface area contributed by atoms with E-state index in [1.807, 2.05) is 13.8 Å². The van der Waals surface area contributed by atoms with Gasteiger partial charge in [-0.05, 0) is 38.7 Å². The third-order valence-corrected chi connectivity index (χ3v) is 3.17. The van der Waals surface area contributed by atoms with Crippen LogP contribution in [0, 0.1) is 17.2 Å². The van der Waals surface area contributed by atoms with Crippen LogP contribution in [0.2, 0.25) is 0 Å². The third-order valence-electron chi connectivity index (χ3n) is 3.17. The fraction of sp³-hybridized carbons (Fsp3) is 0.692. The molecule has 1 fully saturated rings. The summed E-state index contributed by atoms with van der Waals surface area (Å²) >= 11 is 0. The van der Waals surface area contributed by atoms with Crippen LogP contribution < -0.4 is 0 Å². The third kappa shape index (κ3) is 3.19. The highest BCUT2D eigenvalue weighted by atomic mass is 16.5. The minimum absolute atomic E-state index is 0.242. The summed E-state index contributed by atoms with van der Waals surface area (Å²) < 4.78 is 5.29. The minimum atomic E-state index is 0.242. The van der Waals surface area contributed by atoms with Crippen molar-refractivity contribution < 1.29 is 4.74 Å². The Labute approximate surface area is 98.1 Å². The first-order valence-electron chi connectivity index (χ1n) is 5.96. The molecule has 0 radical (unpaired) electrons. The second-order valence-electron chi connectivity index (χ2n) is 4.48. The highest BCUT2D eigenvalue weighted by Crippen LogP contribution is 2.34. The average molecular weight is 222 g/mol. The molecule has 0 aromatic heterocycles. The average Bonchev–Trinajstić information content (AvgIpc) is 2.59. The van der Waals surface area contributed by atoms with Crippen molar-refractivity contribution >= 4 is 11.6 Å². The van der Waals surface area contributed by atoms with Gasteiger partial charge in [0.25, 0.3) is 0 Å². The molecule has 1 saturated carbocycles. The van der Waals surface area contributed by atoms with E-state index in [0.717, 1.165) is 18.6 Å². The molecular formula is C13H22N2O. The van der Waals surface area contributed by atoms with Gasteiger partial charge in [0, 0.05) is 11.6 Å². The van der Waals surface area contributed by atoms with E-state index in [2.05, 4.69) is 18.5 Å². The van der Waals surface area contributed by atoms with Crippen molar-refractivity contribution in [3.8, 4) is 0 Å². The van der Waals surface area contributed by atoms with E-state index in [9.17, 15) is 0 Å². The molecular weight excluding hydrogens is 200 g/mol.